The van der Waals surface area contributed by atoms with Crippen molar-refractivity contribution in [2.24, 2.45) is 0 Å². The molecule has 138 valence electrons. The van der Waals surface area contributed by atoms with Crippen LogP contribution in [0.3, 0.4) is 0 Å². The Balaban J connectivity index is 2.15. The second-order valence-electron chi connectivity index (χ2n) is 6.32. The summed E-state index contributed by atoms with van der Waals surface area (Å²) in [4.78, 5) is 14.5. The van der Waals surface area contributed by atoms with E-state index in [2.05, 4.69) is 0 Å². The Hall–Kier alpha value is -1.83. The van der Waals surface area contributed by atoms with Crippen LogP contribution in [-0.4, -0.2) is 63.3 Å². The number of carbonyl (C=O) groups excluding carboxylic acids is 1. The maximum Gasteiger partial charge on any atom is 0.226 e. The quantitative estimate of drug-likeness (QED) is 0.740. The van der Waals surface area contributed by atoms with Gasteiger partial charge in [-0.05, 0) is 29.7 Å². The number of ether oxygens (including phenoxy) is 4. The van der Waals surface area contributed by atoms with Crippen molar-refractivity contribution in [2.45, 2.75) is 30.9 Å². The molecule has 1 aromatic rings. The fourth-order valence-corrected chi connectivity index (χ4v) is 4.19. The summed E-state index contributed by atoms with van der Waals surface area (Å²) in [5.41, 5.74) is 1.33. The molecule has 0 spiro atoms. The van der Waals surface area contributed by atoms with Crippen molar-refractivity contribution < 1.29 is 28.8 Å². The molecule has 2 heterocycles. The molecule has 0 saturated carbocycles. The van der Waals surface area contributed by atoms with E-state index < -0.39 is 5.54 Å². The van der Waals surface area contributed by atoms with Crippen molar-refractivity contribution in [1.29, 1.82) is 0 Å². The first-order valence-electron chi connectivity index (χ1n) is 8.39. The normalized spacial score (nSPS) is 24.9. The highest BCUT2D eigenvalue weighted by molar-refractivity contribution is 5.82. The van der Waals surface area contributed by atoms with E-state index in [1.54, 1.807) is 21.3 Å². The number of methoxy groups -OCH3 is 3. The minimum absolute atomic E-state index is 0.0370. The molecule has 3 rings (SSSR count). The standard InChI is InChI=1S/C18H25NO6/c1-22-11-25-16-10-17(21)19-6-4-12-8-14(23-2)15(24-3)9-13(12)18(16,19)5-7-20/h8-9,16,20H,4-7,10-11H2,1-3H3/t16-,18+/m0/s1. The van der Waals surface area contributed by atoms with E-state index >= 15 is 0 Å². The van der Waals surface area contributed by atoms with Gasteiger partial charge in [-0.3, -0.25) is 4.79 Å². The summed E-state index contributed by atoms with van der Waals surface area (Å²) in [5.74, 6) is 1.30. The van der Waals surface area contributed by atoms with Gasteiger partial charge < -0.3 is 29.0 Å². The molecule has 1 aromatic carbocycles. The summed E-state index contributed by atoms with van der Waals surface area (Å²) in [6.07, 6.45) is 1.02. The molecule has 0 aliphatic carbocycles. The van der Waals surface area contributed by atoms with Gasteiger partial charge in [0.25, 0.3) is 0 Å². The maximum atomic E-state index is 12.6. The fourth-order valence-electron chi connectivity index (χ4n) is 4.19. The smallest absolute Gasteiger partial charge is 0.226 e. The van der Waals surface area contributed by atoms with Crippen molar-refractivity contribution in [1.82, 2.24) is 4.90 Å². The van der Waals surface area contributed by atoms with Gasteiger partial charge in [-0.25, -0.2) is 0 Å². The number of nitrogens with zero attached hydrogens (tertiary/aromatic N) is 1. The van der Waals surface area contributed by atoms with Crippen LogP contribution in [0.1, 0.15) is 24.0 Å². The first-order chi connectivity index (χ1) is 12.1. The van der Waals surface area contributed by atoms with Crippen LogP contribution >= 0.6 is 0 Å². The lowest BCUT2D eigenvalue weighted by molar-refractivity contribution is -0.135. The SMILES string of the molecule is COCO[C@H]1CC(=O)N2CCc3cc(OC)c(OC)cc3[C@]12CCO. The Morgan fingerprint density at radius 2 is 1.96 bits per heavy atom. The van der Waals surface area contributed by atoms with Gasteiger partial charge in [-0.1, -0.05) is 0 Å². The van der Waals surface area contributed by atoms with Crippen LogP contribution in [0.25, 0.3) is 0 Å². The molecule has 0 unspecified atom stereocenters. The van der Waals surface area contributed by atoms with E-state index in [0.717, 1.165) is 17.5 Å². The molecule has 25 heavy (non-hydrogen) atoms. The van der Waals surface area contributed by atoms with Crippen molar-refractivity contribution in [3.8, 4) is 11.5 Å². The van der Waals surface area contributed by atoms with Gasteiger partial charge >= 0.3 is 0 Å². The zero-order chi connectivity index (χ0) is 18.0. The molecule has 1 N–H and O–H groups in total. The Morgan fingerprint density at radius 1 is 1.24 bits per heavy atom. The summed E-state index contributed by atoms with van der Waals surface area (Å²) in [6, 6.07) is 3.87. The minimum atomic E-state index is -0.711. The Labute approximate surface area is 147 Å². The highest BCUT2D eigenvalue weighted by Crippen LogP contribution is 2.50. The Bertz CT molecular complexity index is 649. The predicted molar refractivity (Wildman–Crippen MR) is 89.7 cm³/mol. The fraction of sp³-hybridized carbons (Fsp3) is 0.611. The van der Waals surface area contributed by atoms with Crippen molar-refractivity contribution in [3.63, 3.8) is 0 Å². The van der Waals surface area contributed by atoms with E-state index in [0.29, 0.717) is 24.5 Å². The average molecular weight is 351 g/mol. The second kappa shape index (κ2) is 7.19. The van der Waals surface area contributed by atoms with Crippen molar-refractivity contribution >= 4 is 5.91 Å². The zero-order valence-corrected chi connectivity index (χ0v) is 14.9. The third-order valence-corrected chi connectivity index (χ3v) is 5.24. The molecule has 7 nitrogen and oxygen atoms in total. The number of aliphatic hydroxyl groups is 1. The van der Waals surface area contributed by atoms with E-state index in [1.807, 2.05) is 17.0 Å². The number of benzene rings is 1. The molecule has 2 atom stereocenters. The molecule has 0 bridgehead atoms. The monoisotopic (exact) mass is 351 g/mol. The average Bonchev–Trinajstić information content (AvgIpc) is 2.91. The van der Waals surface area contributed by atoms with Gasteiger partial charge in [0.05, 0.1) is 32.3 Å². The molecular weight excluding hydrogens is 326 g/mol. The number of rotatable bonds is 7. The topological polar surface area (TPSA) is 77.5 Å². The lowest BCUT2D eigenvalue weighted by Crippen LogP contribution is -2.53. The van der Waals surface area contributed by atoms with Crippen LogP contribution in [0.15, 0.2) is 12.1 Å². The van der Waals surface area contributed by atoms with Crippen LogP contribution in [0.2, 0.25) is 0 Å². The molecular formula is C18H25NO6. The first kappa shape index (κ1) is 18.0. The summed E-state index contributed by atoms with van der Waals surface area (Å²) < 4.78 is 21.8. The maximum absolute atomic E-state index is 12.6. The molecule has 1 amide bonds. The number of hydrogen-bond acceptors (Lipinski definition) is 6. The molecule has 0 aromatic heterocycles. The van der Waals surface area contributed by atoms with Gasteiger partial charge in [0.1, 0.15) is 6.79 Å². The highest BCUT2D eigenvalue weighted by atomic mass is 16.7. The van der Waals surface area contributed by atoms with Crippen LogP contribution in [0.4, 0.5) is 0 Å². The van der Waals surface area contributed by atoms with Crippen molar-refractivity contribution in [2.75, 3.05) is 41.3 Å². The van der Waals surface area contributed by atoms with Crippen LogP contribution < -0.4 is 9.47 Å². The molecule has 1 fully saturated rings. The minimum Gasteiger partial charge on any atom is -0.493 e. The zero-order valence-electron chi connectivity index (χ0n) is 14.9. The van der Waals surface area contributed by atoms with Crippen LogP contribution in [0, 0.1) is 0 Å². The summed E-state index contributed by atoms with van der Waals surface area (Å²) in [6.45, 7) is 0.639. The second-order valence-corrected chi connectivity index (χ2v) is 6.32. The number of hydrogen-bond donors (Lipinski definition) is 1. The van der Waals surface area contributed by atoms with E-state index in [-0.39, 0.29) is 31.8 Å². The Kier molecular flexibility index (Phi) is 5.17. The predicted octanol–water partition coefficient (Wildman–Crippen LogP) is 1.06. The largest absolute Gasteiger partial charge is 0.493 e. The van der Waals surface area contributed by atoms with Gasteiger partial charge in [-0.2, -0.15) is 0 Å². The third-order valence-electron chi connectivity index (χ3n) is 5.24. The van der Waals surface area contributed by atoms with Crippen molar-refractivity contribution in [3.05, 3.63) is 23.3 Å². The molecule has 0 radical (unpaired) electrons. The first-order valence-corrected chi connectivity index (χ1v) is 8.39. The summed E-state index contributed by atoms with van der Waals surface area (Å²) >= 11 is 0. The van der Waals surface area contributed by atoms with Crippen LogP contribution in [0.5, 0.6) is 11.5 Å². The van der Waals surface area contributed by atoms with E-state index in [4.69, 9.17) is 18.9 Å². The molecule has 1 saturated heterocycles. The van der Waals surface area contributed by atoms with Gasteiger partial charge in [-0.15, -0.1) is 0 Å². The van der Waals surface area contributed by atoms with Gasteiger partial charge in [0.15, 0.2) is 11.5 Å². The lowest BCUT2D eigenvalue weighted by Gasteiger charge is -2.46. The van der Waals surface area contributed by atoms with E-state index in [9.17, 15) is 9.90 Å². The number of carbonyl (C=O) groups is 1. The van der Waals surface area contributed by atoms with E-state index in [1.165, 1.54) is 0 Å². The number of aliphatic hydroxyl groups excluding tert-OH is 1. The lowest BCUT2D eigenvalue weighted by atomic mass is 9.76. The van der Waals surface area contributed by atoms with Gasteiger partial charge in [0.2, 0.25) is 5.91 Å². The Morgan fingerprint density at radius 3 is 2.60 bits per heavy atom. The van der Waals surface area contributed by atoms with Gasteiger partial charge in [0, 0.05) is 26.7 Å². The third kappa shape index (κ3) is 2.76. The number of amides is 1. The molecule has 2 aliphatic rings. The highest BCUT2D eigenvalue weighted by Gasteiger charge is 2.56. The van der Waals surface area contributed by atoms with Crippen LogP contribution in [-0.2, 0) is 26.2 Å². The summed E-state index contributed by atoms with van der Waals surface area (Å²) in [7, 11) is 4.74. The molecule has 2 aliphatic heterocycles. The molecule has 7 heteroatoms. The summed E-state index contributed by atoms with van der Waals surface area (Å²) in [5, 5.41) is 9.76. The number of fused-ring (bicyclic) bond motifs is 3.